The molecular formula is C18H11ClFN3S. The molecule has 1 aliphatic rings. The van der Waals surface area contributed by atoms with E-state index >= 15 is 0 Å². The molecule has 0 unspecified atom stereocenters. The second-order valence-electron chi connectivity index (χ2n) is 5.17. The van der Waals surface area contributed by atoms with E-state index in [0.717, 1.165) is 21.8 Å². The molecule has 0 saturated carbocycles. The van der Waals surface area contributed by atoms with Crippen LogP contribution in [-0.2, 0) is 0 Å². The van der Waals surface area contributed by atoms with Gasteiger partial charge in [-0.15, -0.1) is 11.3 Å². The molecule has 1 aliphatic heterocycles. The number of nitrogens with one attached hydrogen (secondary N) is 1. The Bertz CT molecular complexity index is 947. The zero-order valence-electron chi connectivity index (χ0n) is 12.3. The van der Waals surface area contributed by atoms with Gasteiger partial charge in [0.15, 0.2) is 5.84 Å². The van der Waals surface area contributed by atoms with Gasteiger partial charge in [0.05, 0.1) is 16.3 Å². The summed E-state index contributed by atoms with van der Waals surface area (Å²) in [5, 5.41) is 5.90. The molecule has 0 aliphatic carbocycles. The third-order valence-corrected chi connectivity index (χ3v) is 4.62. The van der Waals surface area contributed by atoms with Gasteiger partial charge >= 0.3 is 0 Å². The molecule has 3 aromatic rings. The highest BCUT2D eigenvalue weighted by molar-refractivity contribution is 7.12. The molecular weight excluding hydrogens is 345 g/mol. The summed E-state index contributed by atoms with van der Waals surface area (Å²) in [4.78, 5) is 10.3. The minimum absolute atomic E-state index is 0.291. The monoisotopic (exact) mass is 355 g/mol. The quantitative estimate of drug-likeness (QED) is 0.648. The fourth-order valence-corrected chi connectivity index (χ4v) is 3.21. The molecule has 0 fully saturated rings. The number of benzene rings is 2. The fourth-order valence-electron chi connectivity index (χ4n) is 2.36. The number of nitrogens with zero attached hydrogens (tertiary/aromatic N) is 2. The zero-order valence-corrected chi connectivity index (χ0v) is 13.9. The number of halogens is 2. The molecule has 1 N–H and O–H groups in total. The summed E-state index contributed by atoms with van der Waals surface area (Å²) < 4.78 is 13.2. The maximum absolute atomic E-state index is 13.2. The van der Waals surface area contributed by atoms with Gasteiger partial charge in [0, 0.05) is 10.6 Å². The minimum atomic E-state index is -0.291. The van der Waals surface area contributed by atoms with Crippen LogP contribution in [-0.4, -0.2) is 11.7 Å². The molecule has 0 atom stereocenters. The van der Waals surface area contributed by atoms with Crippen LogP contribution in [0.25, 0.3) is 0 Å². The highest BCUT2D eigenvalue weighted by Crippen LogP contribution is 2.32. The first-order valence-electron chi connectivity index (χ1n) is 7.23. The van der Waals surface area contributed by atoms with E-state index in [-0.39, 0.29) is 5.82 Å². The van der Waals surface area contributed by atoms with Crippen LogP contribution >= 0.6 is 22.9 Å². The number of rotatable bonds is 2. The largest absolute Gasteiger partial charge is 0.337 e. The van der Waals surface area contributed by atoms with Gasteiger partial charge in [-0.1, -0.05) is 17.7 Å². The van der Waals surface area contributed by atoms with Crippen LogP contribution in [0.5, 0.6) is 0 Å². The summed E-state index contributed by atoms with van der Waals surface area (Å²) in [5.74, 6) is 0.918. The van der Waals surface area contributed by atoms with E-state index in [4.69, 9.17) is 11.6 Å². The Morgan fingerprint density at radius 3 is 2.58 bits per heavy atom. The van der Waals surface area contributed by atoms with Crippen LogP contribution in [0.3, 0.4) is 0 Å². The third-order valence-electron chi connectivity index (χ3n) is 3.51. The molecule has 4 rings (SSSR count). The van der Waals surface area contributed by atoms with Crippen molar-refractivity contribution in [1.82, 2.24) is 0 Å². The first-order valence-corrected chi connectivity index (χ1v) is 8.48. The number of fused-ring (bicyclic) bond motifs is 1. The van der Waals surface area contributed by atoms with Gasteiger partial charge in [0.25, 0.3) is 0 Å². The standard InChI is InChI=1S/C18H11ClFN3S/c19-12-5-8-14-15(10-12)22-18(16-2-1-9-24-16)23-17(21-14)11-3-6-13(20)7-4-11/h1-10H,(H,21,22,23). The Morgan fingerprint density at radius 1 is 1.00 bits per heavy atom. The molecule has 0 saturated heterocycles. The van der Waals surface area contributed by atoms with E-state index in [0.29, 0.717) is 16.7 Å². The SMILES string of the molecule is Fc1ccc(C2=Nc3ccc(Cl)cc3NC(c3cccs3)=N2)cc1. The smallest absolute Gasteiger partial charge is 0.162 e. The van der Waals surface area contributed by atoms with Crippen LogP contribution in [0.2, 0.25) is 5.02 Å². The van der Waals surface area contributed by atoms with Gasteiger partial charge in [-0.2, -0.15) is 0 Å². The van der Waals surface area contributed by atoms with Crippen LogP contribution in [0.1, 0.15) is 10.4 Å². The lowest BCUT2D eigenvalue weighted by molar-refractivity contribution is 0.628. The Hall–Kier alpha value is -2.50. The van der Waals surface area contributed by atoms with E-state index in [1.54, 1.807) is 29.5 Å². The van der Waals surface area contributed by atoms with Crippen molar-refractivity contribution in [3.8, 4) is 0 Å². The average molecular weight is 356 g/mol. The van der Waals surface area contributed by atoms with Gasteiger partial charge in [-0.3, -0.25) is 0 Å². The van der Waals surface area contributed by atoms with Gasteiger partial charge in [0.2, 0.25) is 0 Å². The molecule has 1 aromatic heterocycles. The number of hydrogen-bond donors (Lipinski definition) is 1. The highest BCUT2D eigenvalue weighted by Gasteiger charge is 2.16. The first kappa shape index (κ1) is 15.1. The predicted molar refractivity (Wildman–Crippen MR) is 98.5 cm³/mol. The molecule has 0 spiro atoms. The normalized spacial score (nSPS) is 13.4. The fraction of sp³-hybridized carbons (Fsp3) is 0. The summed E-state index contributed by atoms with van der Waals surface area (Å²) in [6.07, 6.45) is 0. The molecule has 3 nitrogen and oxygen atoms in total. The van der Waals surface area contributed by atoms with E-state index in [1.807, 2.05) is 29.6 Å². The number of anilines is 1. The number of aliphatic imine (C=N–C) groups is 2. The van der Waals surface area contributed by atoms with Gasteiger partial charge < -0.3 is 5.32 Å². The van der Waals surface area contributed by atoms with E-state index in [9.17, 15) is 4.39 Å². The Balaban J connectivity index is 1.89. The van der Waals surface area contributed by atoms with Crippen molar-refractivity contribution in [1.29, 1.82) is 0 Å². The molecule has 0 bridgehead atoms. The number of thiophene rings is 1. The van der Waals surface area contributed by atoms with Crippen LogP contribution in [0.15, 0.2) is 70.0 Å². The highest BCUT2D eigenvalue weighted by atomic mass is 35.5. The van der Waals surface area contributed by atoms with Gasteiger partial charge in [-0.05, 0) is 53.9 Å². The molecule has 6 heteroatoms. The first-order chi connectivity index (χ1) is 11.7. The van der Waals surface area contributed by atoms with Crippen molar-refractivity contribution in [2.24, 2.45) is 9.98 Å². The number of amidine groups is 2. The molecule has 2 aromatic carbocycles. The van der Waals surface area contributed by atoms with Crippen LogP contribution < -0.4 is 5.32 Å². The summed E-state index contributed by atoms with van der Waals surface area (Å²) in [6, 6.07) is 15.5. The summed E-state index contributed by atoms with van der Waals surface area (Å²) in [5.41, 5.74) is 2.26. The molecule has 118 valence electrons. The summed E-state index contributed by atoms with van der Waals surface area (Å²) >= 11 is 7.68. The van der Waals surface area contributed by atoms with Crippen LogP contribution in [0.4, 0.5) is 15.8 Å². The van der Waals surface area contributed by atoms with Crippen molar-refractivity contribution in [2.75, 3.05) is 5.32 Å². The molecule has 0 radical (unpaired) electrons. The maximum atomic E-state index is 13.2. The summed E-state index contributed by atoms with van der Waals surface area (Å²) in [7, 11) is 0. The van der Waals surface area contributed by atoms with E-state index < -0.39 is 0 Å². The lowest BCUT2D eigenvalue weighted by Gasteiger charge is -2.08. The van der Waals surface area contributed by atoms with Crippen molar-refractivity contribution in [2.45, 2.75) is 0 Å². The van der Waals surface area contributed by atoms with Crippen LogP contribution in [0, 0.1) is 5.82 Å². The second-order valence-corrected chi connectivity index (χ2v) is 6.55. The summed E-state index contributed by atoms with van der Waals surface area (Å²) in [6.45, 7) is 0. The molecule has 0 amide bonds. The number of hydrogen-bond acceptors (Lipinski definition) is 4. The van der Waals surface area contributed by atoms with Crippen molar-refractivity contribution >= 4 is 46.0 Å². The Morgan fingerprint density at radius 2 is 1.83 bits per heavy atom. The topological polar surface area (TPSA) is 36.8 Å². The van der Waals surface area contributed by atoms with Crippen molar-refractivity contribution in [3.63, 3.8) is 0 Å². The molecule has 24 heavy (non-hydrogen) atoms. The van der Waals surface area contributed by atoms with E-state index in [2.05, 4.69) is 15.3 Å². The second kappa shape index (κ2) is 6.19. The molecule has 2 heterocycles. The van der Waals surface area contributed by atoms with E-state index in [1.165, 1.54) is 12.1 Å². The lowest BCUT2D eigenvalue weighted by atomic mass is 10.2. The Kier molecular flexibility index (Phi) is 3.88. The van der Waals surface area contributed by atoms with Gasteiger partial charge in [0.1, 0.15) is 11.7 Å². The zero-order chi connectivity index (χ0) is 16.5. The maximum Gasteiger partial charge on any atom is 0.162 e. The Labute approximate surface area is 147 Å². The van der Waals surface area contributed by atoms with Gasteiger partial charge in [-0.25, -0.2) is 14.4 Å². The predicted octanol–water partition coefficient (Wildman–Crippen LogP) is 5.49. The minimum Gasteiger partial charge on any atom is -0.337 e. The third kappa shape index (κ3) is 2.96. The van der Waals surface area contributed by atoms with Crippen molar-refractivity contribution in [3.05, 3.63) is 81.3 Å². The lowest BCUT2D eigenvalue weighted by Crippen LogP contribution is -2.13. The van der Waals surface area contributed by atoms with Crippen molar-refractivity contribution < 1.29 is 4.39 Å². The average Bonchev–Trinajstić information content (AvgIpc) is 3.04.